The second-order valence-corrected chi connectivity index (χ2v) is 2.01. The highest BCUT2D eigenvalue weighted by Gasteiger charge is 2.02. The zero-order valence-corrected chi connectivity index (χ0v) is 5.59. The predicted octanol–water partition coefficient (Wildman–Crippen LogP) is 1.69. The van der Waals surface area contributed by atoms with Crippen molar-refractivity contribution < 1.29 is 11.3 Å². The molecule has 1 N–H and O–H groups in total. The highest BCUT2D eigenvalue weighted by atomic mass is 16.4. The molecule has 0 aliphatic rings. The number of aromatic carboxylic acids is 1. The molecule has 0 fully saturated rings. The fourth-order valence-corrected chi connectivity index (χ4v) is 0.752. The minimum absolute atomic E-state index is 0.206. The molecule has 1 rings (SSSR count). The number of rotatable bonds is 1. The Morgan fingerprint density at radius 3 is 2.90 bits per heavy atom. The van der Waals surface area contributed by atoms with Crippen molar-refractivity contribution in [1.29, 1.82) is 0 Å². The van der Waals surface area contributed by atoms with Crippen molar-refractivity contribution in [2.24, 2.45) is 0 Å². The summed E-state index contributed by atoms with van der Waals surface area (Å²) in [4.78, 5) is 10.5. The Kier molecular flexibility index (Phi) is 1.38. The van der Waals surface area contributed by atoms with E-state index in [1.807, 2.05) is 0 Å². The van der Waals surface area contributed by atoms with Crippen molar-refractivity contribution in [3.8, 4) is 0 Å². The molecule has 2 heteroatoms. The Labute approximate surface area is 60.5 Å². The van der Waals surface area contributed by atoms with Crippen molar-refractivity contribution in [3.63, 3.8) is 0 Å². The quantitative estimate of drug-likeness (QED) is 0.639. The van der Waals surface area contributed by atoms with Gasteiger partial charge in [0.25, 0.3) is 0 Å². The van der Waals surface area contributed by atoms with E-state index in [1.165, 1.54) is 6.07 Å². The third kappa shape index (κ3) is 1.16. The molecule has 0 saturated carbocycles. The molecule has 1 aromatic carbocycles. The first-order valence-corrected chi connectivity index (χ1v) is 2.92. The van der Waals surface area contributed by atoms with Crippen molar-refractivity contribution in [2.75, 3.05) is 0 Å². The van der Waals surface area contributed by atoms with Gasteiger partial charge in [0.2, 0.25) is 0 Å². The summed E-state index contributed by atoms with van der Waals surface area (Å²) >= 11 is 0. The third-order valence-corrected chi connectivity index (χ3v) is 1.29. The van der Waals surface area contributed by atoms with E-state index in [-0.39, 0.29) is 11.6 Å². The molecule has 0 spiro atoms. The Hall–Kier alpha value is -1.31. The van der Waals surface area contributed by atoms with E-state index in [2.05, 4.69) is 0 Å². The monoisotopic (exact) mass is 137 g/mol. The maximum absolute atomic E-state index is 10.5. The van der Waals surface area contributed by atoms with E-state index in [0.29, 0.717) is 5.56 Å². The first-order valence-electron chi connectivity index (χ1n) is 3.42. The summed E-state index contributed by atoms with van der Waals surface area (Å²) in [6, 6.07) is 4.90. The minimum Gasteiger partial charge on any atom is -0.478 e. The molecule has 0 radical (unpaired) electrons. The number of carboxylic acid groups (broad SMARTS) is 1. The number of hydrogen-bond donors (Lipinski definition) is 1. The van der Waals surface area contributed by atoms with E-state index < -0.39 is 5.97 Å². The van der Waals surface area contributed by atoms with Crippen LogP contribution in [0.5, 0.6) is 0 Å². The largest absolute Gasteiger partial charge is 0.478 e. The number of benzene rings is 1. The van der Waals surface area contributed by atoms with E-state index in [0.717, 1.165) is 0 Å². The molecule has 0 heterocycles. The molecular formula is C8H8O2. The van der Waals surface area contributed by atoms with Crippen molar-refractivity contribution >= 4 is 5.97 Å². The molecule has 0 aromatic heterocycles. The zero-order chi connectivity index (χ0) is 8.43. The molecule has 0 saturated heterocycles. The predicted molar refractivity (Wildman–Crippen MR) is 38.1 cm³/mol. The SMILES string of the molecule is [2H]c1cccc(C(=O)O)c1C. The first-order chi connectivity index (χ1) is 5.13. The van der Waals surface area contributed by atoms with Gasteiger partial charge in [0.15, 0.2) is 0 Å². The maximum Gasteiger partial charge on any atom is 0.335 e. The van der Waals surface area contributed by atoms with Crippen LogP contribution >= 0.6 is 0 Å². The van der Waals surface area contributed by atoms with Crippen LogP contribution in [0.3, 0.4) is 0 Å². The maximum atomic E-state index is 10.5. The normalized spacial score (nSPS) is 10.7. The van der Waals surface area contributed by atoms with Gasteiger partial charge in [-0.3, -0.25) is 0 Å². The highest BCUT2D eigenvalue weighted by Crippen LogP contribution is 2.05. The Morgan fingerprint density at radius 1 is 1.70 bits per heavy atom. The molecule has 0 unspecified atom stereocenters. The fourth-order valence-electron chi connectivity index (χ4n) is 0.752. The Balaban J connectivity index is 3.27. The fraction of sp³-hybridized carbons (Fsp3) is 0.125. The molecule has 10 heavy (non-hydrogen) atoms. The summed E-state index contributed by atoms with van der Waals surface area (Å²) in [5, 5.41) is 8.61. The van der Waals surface area contributed by atoms with Crippen molar-refractivity contribution in [3.05, 3.63) is 35.4 Å². The molecule has 0 amide bonds. The molecule has 52 valence electrons. The minimum atomic E-state index is -0.975. The van der Waals surface area contributed by atoms with Crippen LogP contribution in [-0.4, -0.2) is 11.1 Å². The lowest BCUT2D eigenvalue weighted by Gasteiger charge is -1.96. The van der Waals surface area contributed by atoms with Gasteiger partial charge >= 0.3 is 5.97 Å². The summed E-state index contributed by atoms with van der Waals surface area (Å²) < 4.78 is 7.29. The smallest absolute Gasteiger partial charge is 0.335 e. The summed E-state index contributed by atoms with van der Waals surface area (Å²) in [7, 11) is 0. The molecular weight excluding hydrogens is 128 g/mol. The van der Waals surface area contributed by atoms with Gasteiger partial charge in [-0.15, -0.1) is 0 Å². The van der Waals surface area contributed by atoms with Crippen molar-refractivity contribution in [1.82, 2.24) is 0 Å². The summed E-state index contributed by atoms with van der Waals surface area (Å²) in [6.07, 6.45) is 0. The van der Waals surface area contributed by atoms with Gasteiger partial charge in [-0.25, -0.2) is 4.79 Å². The van der Waals surface area contributed by atoms with Crippen LogP contribution < -0.4 is 0 Å². The van der Waals surface area contributed by atoms with E-state index in [9.17, 15) is 4.79 Å². The van der Waals surface area contributed by atoms with Gasteiger partial charge in [-0.05, 0) is 18.6 Å². The zero-order valence-electron chi connectivity index (χ0n) is 6.59. The van der Waals surface area contributed by atoms with Gasteiger partial charge in [0.05, 0.1) is 6.93 Å². The number of carbonyl (C=O) groups is 1. The van der Waals surface area contributed by atoms with Gasteiger partial charge < -0.3 is 5.11 Å². The van der Waals surface area contributed by atoms with Gasteiger partial charge in [0, 0.05) is 0 Å². The van der Waals surface area contributed by atoms with Crippen LogP contribution in [-0.2, 0) is 0 Å². The van der Waals surface area contributed by atoms with Gasteiger partial charge in [0.1, 0.15) is 0 Å². The van der Waals surface area contributed by atoms with E-state index in [1.54, 1.807) is 19.1 Å². The third-order valence-electron chi connectivity index (χ3n) is 1.29. The average molecular weight is 137 g/mol. The van der Waals surface area contributed by atoms with E-state index in [4.69, 9.17) is 6.48 Å². The second kappa shape index (κ2) is 2.52. The molecule has 0 aliphatic carbocycles. The van der Waals surface area contributed by atoms with Crippen LogP contribution in [0.2, 0.25) is 0 Å². The number of hydrogen-bond acceptors (Lipinski definition) is 1. The summed E-state index contributed by atoms with van der Waals surface area (Å²) in [6.45, 7) is 1.63. The summed E-state index contributed by atoms with van der Waals surface area (Å²) in [5.41, 5.74) is 0.720. The lowest BCUT2D eigenvalue weighted by molar-refractivity contribution is 0.0696. The molecule has 0 atom stereocenters. The molecule has 0 bridgehead atoms. The van der Waals surface area contributed by atoms with Gasteiger partial charge in [-0.1, -0.05) is 18.2 Å². The van der Waals surface area contributed by atoms with Crippen molar-refractivity contribution in [2.45, 2.75) is 6.92 Å². The van der Waals surface area contributed by atoms with Gasteiger partial charge in [-0.2, -0.15) is 0 Å². The molecule has 1 aromatic rings. The highest BCUT2D eigenvalue weighted by molar-refractivity contribution is 5.89. The molecule has 0 aliphatic heterocycles. The lowest BCUT2D eigenvalue weighted by atomic mass is 10.1. The summed E-state index contributed by atoms with van der Waals surface area (Å²) in [5.74, 6) is -0.975. The van der Waals surface area contributed by atoms with Crippen LogP contribution in [0.1, 0.15) is 17.3 Å². The average Bonchev–Trinajstić information content (AvgIpc) is 1.94. The second-order valence-electron chi connectivity index (χ2n) is 2.01. The van der Waals surface area contributed by atoms with E-state index >= 15 is 0 Å². The Bertz CT molecular complexity index is 294. The topological polar surface area (TPSA) is 37.3 Å². The number of carboxylic acids is 1. The van der Waals surface area contributed by atoms with Crippen LogP contribution in [0, 0.1) is 6.92 Å². The Morgan fingerprint density at radius 2 is 2.40 bits per heavy atom. The van der Waals surface area contributed by atoms with Crippen LogP contribution in [0.15, 0.2) is 24.2 Å². The molecule has 2 nitrogen and oxygen atoms in total. The lowest BCUT2D eigenvalue weighted by Crippen LogP contribution is -1.97. The van der Waals surface area contributed by atoms with Crippen LogP contribution in [0.4, 0.5) is 0 Å². The first kappa shape index (κ1) is 5.47. The van der Waals surface area contributed by atoms with Crippen LogP contribution in [0.25, 0.3) is 0 Å². The standard InChI is InChI=1S/C8H8O2/c1-6-4-2-3-5-7(6)8(9)10/h2-5H,1H3,(H,9,10)/i4D.